The van der Waals surface area contributed by atoms with E-state index >= 15 is 0 Å². The summed E-state index contributed by atoms with van der Waals surface area (Å²) in [6.07, 6.45) is 0. The van der Waals surface area contributed by atoms with Crippen LogP contribution < -0.4 is 4.74 Å². The Morgan fingerprint density at radius 3 is 2.71 bits per heavy atom. The first-order valence-corrected chi connectivity index (χ1v) is 4.48. The average molecular weight is 278 g/mol. The van der Waals surface area contributed by atoms with Crippen molar-refractivity contribution in [2.75, 3.05) is 0 Å². The van der Waals surface area contributed by atoms with Crippen LogP contribution in [0.15, 0.2) is 16.6 Å². The highest BCUT2D eigenvalue weighted by Crippen LogP contribution is 2.29. The predicted molar refractivity (Wildman–Crippen MR) is 50.7 cm³/mol. The highest BCUT2D eigenvalue weighted by molar-refractivity contribution is 9.10. The van der Waals surface area contributed by atoms with Gasteiger partial charge in [0.15, 0.2) is 11.6 Å². The lowest BCUT2D eigenvalue weighted by molar-refractivity contribution is 0.223. The number of hydrogen-bond acceptors (Lipinski definition) is 3. The van der Waals surface area contributed by atoms with Gasteiger partial charge in [-0.1, -0.05) is 0 Å². The SMILES string of the molecule is N#Cc1cc(F)c(OC(=O)Cl)c(Br)c1. The monoisotopic (exact) mass is 277 g/mol. The molecule has 1 aromatic carbocycles. The van der Waals surface area contributed by atoms with Crippen LogP contribution in [0.4, 0.5) is 9.18 Å². The fourth-order valence-electron chi connectivity index (χ4n) is 0.802. The standard InChI is InChI=1S/C8H2BrClFNO2/c9-5-1-4(3-12)2-6(11)7(5)14-8(10)13/h1-2H. The van der Waals surface area contributed by atoms with E-state index in [-0.39, 0.29) is 15.8 Å². The van der Waals surface area contributed by atoms with Crippen LogP contribution in [0.2, 0.25) is 0 Å². The van der Waals surface area contributed by atoms with Gasteiger partial charge in [0.1, 0.15) is 0 Å². The Morgan fingerprint density at radius 1 is 1.64 bits per heavy atom. The van der Waals surface area contributed by atoms with Crippen LogP contribution in [0.25, 0.3) is 0 Å². The molecule has 0 spiro atoms. The van der Waals surface area contributed by atoms with E-state index in [1.54, 1.807) is 6.07 Å². The van der Waals surface area contributed by atoms with Crippen molar-refractivity contribution < 1.29 is 13.9 Å². The molecule has 0 saturated carbocycles. The summed E-state index contributed by atoms with van der Waals surface area (Å²) in [6.45, 7) is 0. The van der Waals surface area contributed by atoms with E-state index in [1.165, 1.54) is 6.07 Å². The Bertz CT molecular complexity index is 407. The quantitative estimate of drug-likeness (QED) is 0.741. The number of benzene rings is 1. The zero-order chi connectivity index (χ0) is 10.7. The summed E-state index contributed by atoms with van der Waals surface area (Å²) >= 11 is 7.86. The van der Waals surface area contributed by atoms with Crippen molar-refractivity contribution in [3.05, 3.63) is 28.0 Å². The zero-order valence-electron chi connectivity index (χ0n) is 6.55. The maximum atomic E-state index is 13.1. The van der Waals surface area contributed by atoms with Gasteiger partial charge in [0.2, 0.25) is 0 Å². The molecular weight excluding hydrogens is 276 g/mol. The molecule has 0 amide bonds. The van der Waals surface area contributed by atoms with Crippen molar-refractivity contribution >= 4 is 33.0 Å². The largest absolute Gasteiger partial charge is 0.410 e. The van der Waals surface area contributed by atoms with Crippen molar-refractivity contribution in [2.45, 2.75) is 0 Å². The molecule has 1 rings (SSSR count). The van der Waals surface area contributed by atoms with Gasteiger partial charge in [-0.25, -0.2) is 9.18 Å². The Hall–Kier alpha value is -1.12. The van der Waals surface area contributed by atoms with Crippen LogP contribution in [-0.4, -0.2) is 5.43 Å². The predicted octanol–water partition coefficient (Wildman–Crippen LogP) is 3.20. The number of rotatable bonds is 1. The fourth-order valence-corrected chi connectivity index (χ4v) is 1.40. The maximum absolute atomic E-state index is 13.1. The molecule has 0 aliphatic heterocycles. The van der Waals surface area contributed by atoms with Gasteiger partial charge in [-0.05, 0) is 28.1 Å². The number of nitriles is 1. The van der Waals surface area contributed by atoms with Gasteiger partial charge < -0.3 is 4.74 Å². The maximum Gasteiger partial charge on any atom is 0.409 e. The summed E-state index contributed by atoms with van der Waals surface area (Å²) in [5, 5.41) is 8.49. The van der Waals surface area contributed by atoms with E-state index in [9.17, 15) is 9.18 Å². The normalized spacial score (nSPS) is 9.29. The molecule has 0 N–H and O–H groups in total. The van der Waals surface area contributed by atoms with E-state index in [0.29, 0.717) is 0 Å². The molecule has 72 valence electrons. The minimum atomic E-state index is -1.14. The number of nitrogens with zero attached hydrogens (tertiary/aromatic N) is 1. The molecule has 0 atom stereocenters. The van der Waals surface area contributed by atoms with Crippen molar-refractivity contribution in [1.82, 2.24) is 0 Å². The van der Waals surface area contributed by atoms with Crippen LogP contribution in [0.1, 0.15) is 5.56 Å². The zero-order valence-corrected chi connectivity index (χ0v) is 8.89. The summed E-state index contributed by atoms with van der Waals surface area (Å²) in [6, 6.07) is 4.01. The molecule has 0 bridgehead atoms. The minimum absolute atomic E-state index is 0.115. The highest BCUT2D eigenvalue weighted by atomic mass is 79.9. The number of halogens is 3. The molecule has 0 aliphatic carbocycles. The third-order valence-electron chi connectivity index (χ3n) is 1.31. The van der Waals surface area contributed by atoms with Crippen LogP contribution in [0.3, 0.4) is 0 Å². The topological polar surface area (TPSA) is 50.1 Å². The summed E-state index contributed by atoms with van der Waals surface area (Å²) in [5.41, 5.74) is -1.03. The van der Waals surface area contributed by atoms with Gasteiger partial charge in [0.05, 0.1) is 16.1 Å². The Balaban J connectivity index is 3.19. The van der Waals surface area contributed by atoms with Crippen LogP contribution >= 0.6 is 27.5 Å². The third kappa shape index (κ3) is 2.44. The Morgan fingerprint density at radius 2 is 2.29 bits per heavy atom. The molecule has 0 aromatic heterocycles. The average Bonchev–Trinajstić information content (AvgIpc) is 2.10. The van der Waals surface area contributed by atoms with E-state index in [2.05, 4.69) is 20.7 Å². The number of hydrogen-bond donors (Lipinski definition) is 0. The minimum Gasteiger partial charge on any atom is -0.410 e. The van der Waals surface area contributed by atoms with E-state index < -0.39 is 11.2 Å². The molecule has 3 nitrogen and oxygen atoms in total. The molecule has 0 fully saturated rings. The lowest BCUT2D eigenvalue weighted by atomic mass is 10.2. The van der Waals surface area contributed by atoms with E-state index in [1.807, 2.05) is 0 Å². The number of ether oxygens (including phenoxy) is 1. The summed E-state index contributed by atoms with van der Waals surface area (Å²) < 4.78 is 17.7. The van der Waals surface area contributed by atoms with Crippen molar-refractivity contribution in [2.24, 2.45) is 0 Å². The first kappa shape index (κ1) is 11.0. The van der Waals surface area contributed by atoms with Crippen LogP contribution in [0, 0.1) is 17.1 Å². The lowest BCUT2D eigenvalue weighted by Crippen LogP contribution is -2.00. The molecule has 0 aliphatic rings. The second-order valence-electron chi connectivity index (χ2n) is 2.22. The molecule has 0 radical (unpaired) electrons. The Kier molecular flexibility index (Phi) is 3.44. The van der Waals surface area contributed by atoms with Crippen molar-refractivity contribution in [3.8, 4) is 11.8 Å². The van der Waals surface area contributed by atoms with Gasteiger partial charge >= 0.3 is 5.43 Å². The summed E-state index contributed by atoms with van der Waals surface area (Å²) in [4.78, 5) is 10.4. The second kappa shape index (κ2) is 4.40. The lowest BCUT2D eigenvalue weighted by Gasteiger charge is -2.04. The Labute approximate surface area is 92.2 Å². The summed E-state index contributed by atoms with van der Waals surface area (Å²) in [5.74, 6) is -1.16. The molecule has 14 heavy (non-hydrogen) atoms. The first-order chi connectivity index (χ1) is 6.54. The smallest absolute Gasteiger partial charge is 0.409 e. The number of carbonyl (C=O) groups excluding carboxylic acids is 1. The molecular formula is C8H2BrClFNO2. The van der Waals surface area contributed by atoms with Gasteiger partial charge in [0.25, 0.3) is 0 Å². The van der Waals surface area contributed by atoms with Gasteiger partial charge in [-0.15, -0.1) is 0 Å². The summed E-state index contributed by atoms with van der Waals surface area (Å²) in [7, 11) is 0. The van der Waals surface area contributed by atoms with Gasteiger partial charge in [-0.3, -0.25) is 0 Å². The first-order valence-electron chi connectivity index (χ1n) is 3.31. The fraction of sp³-hybridized carbons (Fsp3) is 0. The molecule has 0 heterocycles. The molecule has 1 aromatic rings. The van der Waals surface area contributed by atoms with Crippen LogP contribution in [-0.2, 0) is 0 Å². The van der Waals surface area contributed by atoms with Crippen molar-refractivity contribution in [3.63, 3.8) is 0 Å². The molecule has 0 saturated heterocycles. The molecule has 0 unspecified atom stereocenters. The van der Waals surface area contributed by atoms with Crippen molar-refractivity contribution in [1.29, 1.82) is 5.26 Å². The second-order valence-corrected chi connectivity index (χ2v) is 3.38. The van der Waals surface area contributed by atoms with Gasteiger partial charge in [-0.2, -0.15) is 5.26 Å². The van der Waals surface area contributed by atoms with E-state index in [0.717, 1.165) is 6.07 Å². The third-order valence-corrected chi connectivity index (χ3v) is 1.98. The van der Waals surface area contributed by atoms with Crippen LogP contribution in [0.5, 0.6) is 5.75 Å². The highest BCUT2D eigenvalue weighted by Gasteiger charge is 2.13. The number of carbonyl (C=O) groups is 1. The van der Waals surface area contributed by atoms with E-state index in [4.69, 9.17) is 16.9 Å². The van der Waals surface area contributed by atoms with Gasteiger partial charge in [0, 0.05) is 11.6 Å². The molecule has 6 heteroatoms.